The maximum Gasteiger partial charge on any atom is 0.410 e. The first kappa shape index (κ1) is 15.6. The van der Waals surface area contributed by atoms with Crippen LogP contribution in [0.3, 0.4) is 0 Å². The van der Waals surface area contributed by atoms with Gasteiger partial charge in [0.1, 0.15) is 5.60 Å². The molecule has 6 nitrogen and oxygen atoms in total. The van der Waals surface area contributed by atoms with Crippen molar-refractivity contribution < 1.29 is 14.3 Å². The number of piperidine rings is 1. The van der Waals surface area contributed by atoms with E-state index in [9.17, 15) is 9.59 Å². The predicted octanol–water partition coefficient (Wildman–Crippen LogP) is 2.10. The van der Waals surface area contributed by atoms with Crippen molar-refractivity contribution in [2.75, 3.05) is 18.8 Å². The molecule has 2 bridgehead atoms. The van der Waals surface area contributed by atoms with E-state index in [1.807, 2.05) is 25.7 Å². The highest BCUT2D eigenvalue weighted by Crippen LogP contribution is 2.34. The van der Waals surface area contributed by atoms with Gasteiger partial charge in [0.05, 0.1) is 12.1 Å². The van der Waals surface area contributed by atoms with Crippen molar-refractivity contribution in [3.8, 4) is 0 Å². The fourth-order valence-corrected chi connectivity index (χ4v) is 3.20. The summed E-state index contributed by atoms with van der Waals surface area (Å²) < 4.78 is 5.44. The molecule has 4 rings (SSSR count). The van der Waals surface area contributed by atoms with Gasteiger partial charge in [-0.05, 0) is 51.5 Å². The van der Waals surface area contributed by atoms with Crippen LogP contribution in [-0.4, -0.2) is 52.6 Å². The summed E-state index contributed by atoms with van der Waals surface area (Å²) in [5.41, 5.74) is 6.42. The standard InChI is InChI=1S/C17H23N3O3/c1-17(2,3)23-16(22)20-13-8-14(20)10-19(9-13)15(21)11-4-6-12(18)7-5-11/h4-7,13-14H,8-10,18H2,1-3H3. The molecule has 0 radical (unpaired) electrons. The van der Waals surface area contributed by atoms with Gasteiger partial charge in [-0.15, -0.1) is 0 Å². The highest BCUT2D eigenvalue weighted by atomic mass is 16.6. The quantitative estimate of drug-likeness (QED) is 0.805. The molecule has 3 aliphatic heterocycles. The Kier molecular flexibility index (Phi) is 3.70. The van der Waals surface area contributed by atoms with Crippen LogP contribution in [-0.2, 0) is 4.74 Å². The molecule has 0 spiro atoms. The maximum absolute atomic E-state index is 12.5. The van der Waals surface area contributed by atoms with E-state index in [1.165, 1.54) is 0 Å². The van der Waals surface area contributed by atoms with Gasteiger partial charge in [0.2, 0.25) is 0 Å². The number of anilines is 1. The number of rotatable bonds is 1. The number of hydrogen-bond donors (Lipinski definition) is 1. The molecule has 2 unspecified atom stereocenters. The molecular formula is C17H23N3O3. The zero-order valence-corrected chi connectivity index (χ0v) is 13.8. The fourth-order valence-electron chi connectivity index (χ4n) is 3.20. The zero-order chi connectivity index (χ0) is 16.8. The van der Waals surface area contributed by atoms with Gasteiger partial charge >= 0.3 is 6.09 Å². The van der Waals surface area contributed by atoms with Crippen molar-refractivity contribution in [3.05, 3.63) is 29.8 Å². The first-order chi connectivity index (χ1) is 10.7. The van der Waals surface area contributed by atoms with Crippen LogP contribution >= 0.6 is 0 Å². The van der Waals surface area contributed by atoms with E-state index in [4.69, 9.17) is 10.5 Å². The van der Waals surface area contributed by atoms with Crippen LogP contribution in [0.2, 0.25) is 0 Å². The molecule has 124 valence electrons. The summed E-state index contributed by atoms with van der Waals surface area (Å²) in [5, 5.41) is 0. The van der Waals surface area contributed by atoms with Crippen LogP contribution in [0.15, 0.2) is 24.3 Å². The highest BCUT2D eigenvalue weighted by Gasteiger charge is 2.49. The van der Waals surface area contributed by atoms with Gasteiger partial charge in [-0.2, -0.15) is 0 Å². The van der Waals surface area contributed by atoms with E-state index < -0.39 is 5.60 Å². The van der Waals surface area contributed by atoms with E-state index in [0.29, 0.717) is 24.3 Å². The summed E-state index contributed by atoms with van der Waals surface area (Å²) in [7, 11) is 0. The Hall–Kier alpha value is -2.24. The number of ether oxygens (including phenoxy) is 1. The summed E-state index contributed by atoms with van der Waals surface area (Å²) in [5.74, 6) is -0.0106. The average Bonchev–Trinajstić information content (AvgIpc) is 2.45. The Balaban J connectivity index is 1.63. The lowest BCUT2D eigenvalue weighted by Crippen LogP contribution is -2.71. The number of fused-ring (bicyclic) bond motifs is 2. The number of hydrogen-bond acceptors (Lipinski definition) is 4. The van der Waals surface area contributed by atoms with E-state index in [1.54, 1.807) is 29.2 Å². The first-order valence-corrected chi connectivity index (χ1v) is 7.91. The Morgan fingerprint density at radius 3 is 2.22 bits per heavy atom. The van der Waals surface area contributed by atoms with E-state index in [-0.39, 0.29) is 24.1 Å². The molecule has 3 heterocycles. The van der Waals surface area contributed by atoms with Crippen LogP contribution in [0.1, 0.15) is 37.6 Å². The molecule has 1 aromatic carbocycles. The number of nitrogen functional groups attached to an aromatic ring is 1. The molecule has 1 aromatic rings. The second kappa shape index (κ2) is 5.44. The van der Waals surface area contributed by atoms with Crippen LogP contribution in [0.5, 0.6) is 0 Å². The van der Waals surface area contributed by atoms with E-state index in [0.717, 1.165) is 6.42 Å². The monoisotopic (exact) mass is 317 g/mol. The third kappa shape index (κ3) is 3.11. The van der Waals surface area contributed by atoms with E-state index in [2.05, 4.69) is 0 Å². The van der Waals surface area contributed by atoms with Crippen molar-refractivity contribution in [2.24, 2.45) is 0 Å². The van der Waals surface area contributed by atoms with Gasteiger partial charge in [-0.25, -0.2) is 4.79 Å². The molecule has 0 aliphatic carbocycles. The van der Waals surface area contributed by atoms with Gasteiger partial charge in [0, 0.05) is 24.3 Å². The molecule has 3 aliphatic rings. The van der Waals surface area contributed by atoms with Crippen molar-refractivity contribution in [3.63, 3.8) is 0 Å². The average molecular weight is 317 g/mol. The molecule has 23 heavy (non-hydrogen) atoms. The number of amides is 2. The molecule has 2 amide bonds. The summed E-state index contributed by atoms with van der Waals surface area (Å²) >= 11 is 0. The van der Waals surface area contributed by atoms with Gasteiger partial charge in [0.15, 0.2) is 0 Å². The van der Waals surface area contributed by atoms with Crippen LogP contribution in [0, 0.1) is 0 Å². The Labute approximate surface area is 136 Å². The lowest BCUT2D eigenvalue weighted by molar-refractivity contribution is -0.0693. The highest BCUT2D eigenvalue weighted by molar-refractivity contribution is 5.94. The van der Waals surface area contributed by atoms with Gasteiger partial charge in [-0.3, -0.25) is 9.69 Å². The minimum absolute atomic E-state index is 0.0106. The van der Waals surface area contributed by atoms with Crippen LogP contribution in [0.4, 0.5) is 10.5 Å². The number of carbonyl (C=O) groups excluding carboxylic acids is 2. The summed E-state index contributed by atoms with van der Waals surface area (Å²) in [4.78, 5) is 28.3. The second-order valence-corrected chi connectivity index (χ2v) is 7.26. The normalized spacial score (nSPS) is 23.3. The number of nitrogens with two attached hydrogens (primary N) is 1. The molecule has 3 saturated heterocycles. The summed E-state index contributed by atoms with van der Waals surface area (Å²) in [6.45, 7) is 6.68. The number of piperazine rings is 1. The number of benzene rings is 1. The van der Waals surface area contributed by atoms with Gasteiger partial charge in [-0.1, -0.05) is 0 Å². The molecule has 3 fully saturated rings. The molecule has 0 aromatic heterocycles. The molecule has 6 heteroatoms. The lowest BCUT2D eigenvalue weighted by atomic mass is 9.87. The first-order valence-electron chi connectivity index (χ1n) is 7.91. The van der Waals surface area contributed by atoms with Crippen LogP contribution < -0.4 is 5.73 Å². The minimum atomic E-state index is -0.500. The van der Waals surface area contributed by atoms with Gasteiger partial charge in [0.25, 0.3) is 5.91 Å². The third-order valence-corrected chi connectivity index (χ3v) is 4.24. The lowest BCUT2D eigenvalue weighted by Gasteiger charge is -2.55. The molecule has 0 saturated carbocycles. The third-order valence-electron chi connectivity index (χ3n) is 4.24. The molecule has 2 N–H and O–H groups in total. The van der Waals surface area contributed by atoms with Gasteiger partial charge < -0.3 is 15.4 Å². The molecular weight excluding hydrogens is 294 g/mol. The number of carbonyl (C=O) groups is 2. The van der Waals surface area contributed by atoms with Crippen molar-refractivity contribution in [1.82, 2.24) is 9.80 Å². The minimum Gasteiger partial charge on any atom is -0.444 e. The van der Waals surface area contributed by atoms with Crippen LogP contribution in [0.25, 0.3) is 0 Å². The zero-order valence-electron chi connectivity index (χ0n) is 13.8. The van der Waals surface area contributed by atoms with Crippen molar-refractivity contribution in [1.29, 1.82) is 0 Å². The Morgan fingerprint density at radius 1 is 1.13 bits per heavy atom. The fraction of sp³-hybridized carbons (Fsp3) is 0.529. The summed E-state index contributed by atoms with van der Waals surface area (Å²) in [6.07, 6.45) is 0.656. The maximum atomic E-state index is 12.5. The smallest absolute Gasteiger partial charge is 0.410 e. The second-order valence-electron chi connectivity index (χ2n) is 7.26. The molecule has 2 atom stereocenters. The van der Waals surface area contributed by atoms with Crippen molar-refractivity contribution >= 4 is 17.7 Å². The van der Waals surface area contributed by atoms with E-state index >= 15 is 0 Å². The predicted molar refractivity (Wildman–Crippen MR) is 87.0 cm³/mol. The largest absolute Gasteiger partial charge is 0.444 e. The Morgan fingerprint density at radius 2 is 1.70 bits per heavy atom. The van der Waals surface area contributed by atoms with Crippen molar-refractivity contribution in [2.45, 2.75) is 44.9 Å². The number of nitrogens with zero attached hydrogens (tertiary/aromatic N) is 2. The summed E-state index contributed by atoms with van der Waals surface area (Å²) in [6, 6.07) is 7.05. The Bertz CT molecular complexity index is 609. The topological polar surface area (TPSA) is 75.9 Å². The SMILES string of the molecule is CC(C)(C)OC(=O)N1C2CC1CN(C(=O)c1ccc(N)cc1)C2.